The quantitative estimate of drug-likeness (QED) is 0.748. The Morgan fingerprint density at radius 2 is 1.88 bits per heavy atom. The molecule has 1 N–H and O–H groups in total. The molecule has 25 heavy (non-hydrogen) atoms. The van der Waals surface area contributed by atoms with Crippen LogP contribution in [0.3, 0.4) is 0 Å². The highest BCUT2D eigenvalue weighted by atomic mass is 35.5. The van der Waals surface area contributed by atoms with Crippen LogP contribution >= 0.6 is 23.4 Å². The molecule has 0 aliphatic carbocycles. The molecule has 0 saturated heterocycles. The zero-order chi connectivity index (χ0) is 18.1. The minimum Gasteiger partial charge on any atom is -0.455 e. The fraction of sp³-hybridized carbons (Fsp3) is 0.167. The third kappa shape index (κ3) is 6.14. The second-order valence-corrected chi connectivity index (χ2v) is 6.34. The molecule has 0 heterocycles. The van der Waals surface area contributed by atoms with Gasteiger partial charge in [-0.15, -0.1) is 11.8 Å². The Balaban J connectivity index is 1.72. The highest BCUT2D eigenvalue weighted by molar-refractivity contribution is 7.99. The summed E-state index contributed by atoms with van der Waals surface area (Å²) in [5.74, 6) is -0.281. The molecule has 0 spiro atoms. The normalized spacial score (nSPS) is 9.92. The van der Waals surface area contributed by atoms with E-state index in [2.05, 4.69) is 5.32 Å². The first-order valence-corrected chi connectivity index (χ1v) is 8.89. The number of anilines is 1. The average Bonchev–Trinajstić information content (AvgIpc) is 2.62. The van der Waals surface area contributed by atoms with E-state index in [0.717, 1.165) is 5.56 Å². The second-order valence-electron chi connectivity index (χ2n) is 4.95. The van der Waals surface area contributed by atoms with E-state index >= 15 is 0 Å². The molecule has 0 unspecified atom stereocenters. The molecule has 7 heteroatoms. The van der Waals surface area contributed by atoms with Crippen LogP contribution in [0.2, 0.25) is 5.02 Å². The number of carbonyl (C=O) groups excluding carboxylic acids is 2. The SMILES string of the molecule is N#Cc1ccccc1NC(=O)COC(=O)CSCc1ccccc1Cl. The van der Waals surface area contributed by atoms with E-state index in [0.29, 0.717) is 22.0 Å². The lowest BCUT2D eigenvalue weighted by Gasteiger charge is -2.08. The lowest BCUT2D eigenvalue weighted by Crippen LogP contribution is -2.22. The van der Waals surface area contributed by atoms with Gasteiger partial charge >= 0.3 is 5.97 Å². The molecule has 0 atom stereocenters. The molecule has 2 aromatic rings. The Morgan fingerprint density at radius 1 is 1.16 bits per heavy atom. The van der Waals surface area contributed by atoms with E-state index < -0.39 is 18.5 Å². The number of thioether (sulfide) groups is 1. The fourth-order valence-electron chi connectivity index (χ4n) is 1.92. The molecule has 1 amide bonds. The minimum atomic E-state index is -0.493. The summed E-state index contributed by atoms with van der Waals surface area (Å²) in [6.45, 7) is -0.398. The van der Waals surface area contributed by atoms with Crippen molar-refractivity contribution in [3.8, 4) is 6.07 Å². The second kappa shape index (κ2) is 9.72. The maximum atomic E-state index is 11.8. The third-order valence-corrected chi connectivity index (χ3v) is 4.44. The zero-order valence-electron chi connectivity index (χ0n) is 13.2. The Bertz CT molecular complexity index is 805. The van der Waals surface area contributed by atoms with Crippen molar-refractivity contribution in [2.45, 2.75) is 5.75 Å². The molecule has 0 radical (unpaired) electrons. The topological polar surface area (TPSA) is 79.2 Å². The average molecular weight is 375 g/mol. The van der Waals surface area contributed by atoms with Crippen LogP contribution in [0.15, 0.2) is 48.5 Å². The van der Waals surface area contributed by atoms with Crippen molar-refractivity contribution in [2.75, 3.05) is 17.7 Å². The summed E-state index contributed by atoms with van der Waals surface area (Å²) in [6, 6.07) is 16.0. The summed E-state index contributed by atoms with van der Waals surface area (Å²) in [4.78, 5) is 23.5. The molecule has 0 fully saturated rings. The Kier molecular flexibility index (Phi) is 7.33. The molecule has 0 aliphatic heterocycles. The number of nitrogens with zero attached hydrogens (tertiary/aromatic N) is 1. The van der Waals surface area contributed by atoms with Crippen LogP contribution in [-0.2, 0) is 20.1 Å². The Morgan fingerprint density at radius 3 is 2.64 bits per heavy atom. The van der Waals surface area contributed by atoms with Gasteiger partial charge in [-0.2, -0.15) is 5.26 Å². The van der Waals surface area contributed by atoms with Gasteiger partial charge in [0.25, 0.3) is 5.91 Å². The number of hydrogen-bond donors (Lipinski definition) is 1. The fourth-order valence-corrected chi connectivity index (χ4v) is 3.03. The molecule has 128 valence electrons. The van der Waals surface area contributed by atoms with Crippen LogP contribution in [0, 0.1) is 11.3 Å². The van der Waals surface area contributed by atoms with Crippen LogP contribution in [-0.4, -0.2) is 24.2 Å². The van der Waals surface area contributed by atoms with E-state index in [4.69, 9.17) is 21.6 Å². The molecule has 5 nitrogen and oxygen atoms in total. The maximum absolute atomic E-state index is 11.8. The smallest absolute Gasteiger partial charge is 0.316 e. The summed E-state index contributed by atoms with van der Waals surface area (Å²) in [5.41, 5.74) is 1.67. The summed E-state index contributed by atoms with van der Waals surface area (Å²) < 4.78 is 4.93. The van der Waals surface area contributed by atoms with E-state index in [9.17, 15) is 9.59 Å². The van der Waals surface area contributed by atoms with Gasteiger partial charge in [0.1, 0.15) is 6.07 Å². The molecule has 2 rings (SSSR count). The van der Waals surface area contributed by atoms with Crippen LogP contribution in [0.4, 0.5) is 5.69 Å². The summed E-state index contributed by atoms with van der Waals surface area (Å²) in [6.07, 6.45) is 0. The lowest BCUT2D eigenvalue weighted by molar-refractivity contribution is -0.144. The summed E-state index contributed by atoms with van der Waals surface area (Å²) >= 11 is 7.40. The van der Waals surface area contributed by atoms with Crippen molar-refractivity contribution >= 4 is 40.9 Å². The first-order chi connectivity index (χ1) is 12.1. The van der Waals surface area contributed by atoms with Crippen LogP contribution in [0.25, 0.3) is 0 Å². The number of hydrogen-bond acceptors (Lipinski definition) is 5. The number of benzene rings is 2. The highest BCUT2D eigenvalue weighted by Gasteiger charge is 2.10. The largest absolute Gasteiger partial charge is 0.455 e. The number of para-hydroxylation sites is 1. The predicted molar refractivity (Wildman–Crippen MR) is 98.4 cm³/mol. The number of amides is 1. The Hall–Kier alpha value is -2.49. The number of rotatable bonds is 7. The van der Waals surface area contributed by atoms with Crippen molar-refractivity contribution in [3.63, 3.8) is 0 Å². The predicted octanol–water partition coefficient (Wildman–Crippen LogP) is 3.63. The number of carbonyl (C=O) groups is 2. The van der Waals surface area contributed by atoms with Crippen molar-refractivity contribution < 1.29 is 14.3 Å². The Labute approximate surface area is 154 Å². The molecule has 0 bridgehead atoms. The standard InChI is InChI=1S/C18H15ClN2O3S/c19-15-7-3-1-6-14(15)11-25-12-18(23)24-10-17(22)21-16-8-4-2-5-13(16)9-20/h1-8H,10-12H2,(H,21,22). The molecular formula is C18H15ClN2O3S. The molecular weight excluding hydrogens is 360 g/mol. The van der Waals surface area contributed by atoms with Crippen molar-refractivity contribution in [3.05, 3.63) is 64.7 Å². The van der Waals surface area contributed by atoms with E-state index in [1.807, 2.05) is 24.3 Å². The summed E-state index contributed by atoms with van der Waals surface area (Å²) in [5, 5.41) is 12.2. The van der Waals surface area contributed by atoms with Gasteiger partial charge < -0.3 is 10.1 Å². The van der Waals surface area contributed by atoms with Crippen LogP contribution in [0.5, 0.6) is 0 Å². The van der Waals surface area contributed by atoms with Crippen LogP contribution < -0.4 is 5.32 Å². The monoisotopic (exact) mass is 374 g/mol. The van der Waals surface area contributed by atoms with Crippen LogP contribution in [0.1, 0.15) is 11.1 Å². The van der Waals surface area contributed by atoms with Gasteiger partial charge in [-0.1, -0.05) is 41.9 Å². The van der Waals surface area contributed by atoms with E-state index in [-0.39, 0.29) is 5.75 Å². The van der Waals surface area contributed by atoms with E-state index in [1.54, 1.807) is 30.3 Å². The number of nitriles is 1. The minimum absolute atomic E-state index is 0.118. The van der Waals surface area contributed by atoms with Crippen molar-refractivity contribution in [1.82, 2.24) is 0 Å². The molecule has 2 aromatic carbocycles. The maximum Gasteiger partial charge on any atom is 0.316 e. The number of esters is 1. The lowest BCUT2D eigenvalue weighted by atomic mass is 10.2. The summed E-state index contributed by atoms with van der Waals surface area (Å²) in [7, 11) is 0. The van der Waals surface area contributed by atoms with Gasteiger partial charge in [0.2, 0.25) is 0 Å². The van der Waals surface area contributed by atoms with Gasteiger partial charge in [-0.25, -0.2) is 0 Å². The van der Waals surface area contributed by atoms with Crippen molar-refractivity contribution in [1.29, 1.82) is 5.26 Å². The number of ether oxygens (including phenoxy) is 1. The number of nitrogens with one attached hydrogen (secondary N) is 1. The molecule has 0 saturated carbocycles. The third-order valence-electron chi connectivity index (χ3n) is 3.12. The number of halogens is 1. The van der Waals surface area contributed by atoms with Gasteiger partial charge in [-0.05, 0) is 23.8 Å². The van der Waals surface area contributed by atoms with Crippen molar-refractivity contribution in [2.24, 2.45) is 0 Å². The highest BCUT2D eigenvalue weighted by Crippen LogP contribution is 2.20. The first-order valence-electron chi connectivity index (χ1n) is 7.36. The van der Waals surface area contributed by atoms with Gasteiger partial charge in [0.15, 0.2) is 6.61 Å². The molecule has 0 aromatic heterocycles. The van der Waals surface area contributed by atoms with Gasteiger partial charge in [0.05, 0.1) is 17.0 Å². The zero-order valence-corrected chi connectivity index (χ0v) is 14.8. The molecule has 0 aliphatic rings. The van der Waals surface area contributed by atoms with E-state index in [1.165, 1.54) is 11.8 Å². The first kappa shape index (κ1) is 18.8. The van der Waals surface area contributed by atoms with Gasteiger partial charge in [0, 0.05) is 10.8 Å². The van der Waals surface area contributed by atoms with Gasteiger partial charge in [-0.3, -0.25) is 9.59 Å².